The molecule has 1 atom stereocenters. The third-order valence-electron chi connectivity index (χ3n) is 4.71. The van der Waals surface area contributed by atoms with E-state index in [4.69, 9.17) is 11.2 Å². The van der Waals surface area contributed by atoms with Gasteiger partial charge in [-0.2, -0.15) is 0 Å². The molecule has 0 aromatic heterocycles. The molecular weight excluding hydrogens is 323 g/mol. The van der Waals surface area contributed by atoms with Crippen LogP contribution in [0.2, 0.25) is 0 Å². The van der Waals surface area contributed by atoms with Crippen LogP contribution in [0.3, 0.4) is 0 Å². The Morgan fingerprint density at radius 1 is 0.957 bits per heavy atom. The average Bonchev–Trinajstić information content (AvgIpc) is 2.52. The Kier molecular flexibility index (Phi) is 10.1. The molecule has 0 saturated heterocycles. The number of unbranched alkanes of at least 4 members (excludes halogenated alkanes) is 5. The summed E-state index contributed by atoms with van der Waals surface area (Å²) in [6, 6.07) is 2.12. The normalized spacial score (nSPS) is 13.0. The highest BCUT2D eigenvalue weighted by Crippen LogP contribution is 2.37. The second-order valence-corrected chi connectivity index (χ2v) is 8.37. The topological polar surface area (TPSA) is 20.2 Å². The molecule has 0 aliphatic carbocycles. The van der Waals surface area contributed by atoms with Crippen molar-refractivity contribution in [1.29, 1.82) is 0 Å². The highest BCUT2D eigenvalue weighted by Gasteiger charge is 2.14. The second kappa shape index (κ2) is 11.2. The Balaban J connectivity index is 2.47. The molecule has 23 heavy (non-hydrogen) atoms. The molecule has 130 valence electrons. The van der Waals surface area contributed by atoms with E-state index in [1.807, 2.05) is 0 Å². The van der Waals surface area contributed by atoms with Crippen molar-refractivity contribution in [2.24, 2.45) is 0 Å². The van der Waals surface area contributed by atoms with Gasteiger partial charge in [-0.25, -0.2) is 0 Å². The number of hydrogen-bond donors (Lipinski definition) is 1. The van der Waals surface area contributed by atoms with E-state index in [0.29, 0.717) is 0 Å². The molecule has 0 bridgehead atoms. The first-order valence-corrected chi connectivity index (χ1v) is 11.1. The minimum absolute atomic E-state index is 0.922. The Bertz CT molecular complexity index is 509. The monoisotopic (exact) mass is 354 g/mol. The molecule has 0 aliphatic heterocycles. The molecule has 1 nitrogen and oxygen atoms in total. The van der Waals surface area contributed by atoms with Crippen LogP contribution >= 0.6 is 18.7 Å². The lowest BCUT2D eigenvalue weighted by atomic mass is 9.95. The van der Waals surface area contributed by atoms with Crippen LogP contribution in [0.15, 0.2) is 18.2 Å². The Hall–Kier alpha value is -0.360. The van der Waals surface area contributed by atoms with Crippen LogP contribution < -0.4 is 5.30 Å². The van der Waals surface area contributed by atoms with Gasteiger partial charge in [0.25, 0.3) is 0 Å². The van der Waals surface area contributed by atoms with Crippen molar-refractivity contribution in [3.05, 3.63) is 40.5 Å². The maximum atomic E-state index is 9.79. The summed E-state index contributed by atoms with van der Waals surface area (Å²) in [4.78, 5) is 9.79. The van der Waals surface area contributed by atoms with Gasteiger partial charge < -0.3 is 4.89 Å². The highest BCUT2D eigenvalue weighted by molar-refractivity contribution is 7.85. The zero-order valence-corrected chi connectivity index (χ0v) is 16.8. The van der Waals surface area contributed by atoms with Crippen LogP contribution in [0.5, 0.6) is 0 Å². The first kappa shape index (κ1) is 20.7. The van der Waals surface area contributed by atoms with Crippen molar-refractivity contribution >= 4 is 24.0 Å². The summed E-state index contributed by atoms with van der Waals surface area (Å²) >= 11 is 5.97. The second-order valence-electron chi connectivity index (χ2n) is 6.40. The fraction of sp³-hybridized carbons (Fsp3) is 0.600. The van der Waals surface area contributed by atoms with Gasteiger partial charge >= 0.3 is 0 Å². The predicted molar refractivity (Wildman–Crippen MR) is 106 cm³/mol. The van der Waals surface area contributed by atoms with Gasteiger partial charge in [-0.3, -0.25) is 0 Å². The van der Waals surface area contributed by atoms with Gasteiger partial charge in [0.05, 0.1) is 0 Å². The van der Waals surface area contributed by atoms with Crippen LogP contribution in [0.4, 0.5) is 0 Å². The number of allylic oxidation sites excluding steroid dienone is 2. The van der Waals surface area contributed by atoms with Gasteiger partial charge in [0.2, 0.25) is 0 Å². The lowest BCUT2D eigenvalue weighted by molar-refractivity contribution is 0.649. The molecule has 1 rings (SSSR count). The molecule has 1 N–H and O–H groups in total. The summed E-state index contributed by atoms with van der Waals surface area (Å²) < 4.78 is 0. The number of rotatable bonds is 10. The Morgan fingerprint density at radius 3 is 2.22 bits per heavy atom. The molecule has 0 fully saturated rings. The van der Waals surface area contributed by atoms with Crippen LogP contribution in [-0.2, 0) is 6.42 Å². The molecule has 0 heterocycles. The van der Waals surface area contributed by atoms with Crippen molar-refractivity contribution in [3.63, 3.8) is 0 Å². The van der Waals surface area contributed by atoms with E-state index in [1.165, 1.54) is 48.8 Å². The summed E-state index contributed by atoms with van der Waals surface area (Å²) in [7, 11) is -1.53. The molecule has 0 amide bonds. The molecule has 1 unspecified atom stereocenters. The number of hydrogen-bond acceptors (Lipinski definition) is 1. The third-order valence-corrected chi connectivity index (χ3v) is 6.12. The van der Waals surface area contributed by atoms with Gasteiger partial charge in [-0.15, -0.1) is 0 Å². The molecule has 0 saturated carbocycles. The van der Waals surface area contributed by atoms with E-state index in [1.54, 1.807) is 0 Å². The highest BCUT2D eigenvalue weighted by atomic mass is 35.7. The van der Waals surface area contributed by atoms with E-state index in [0.717, 1.165) is 30.1 Å². The van der Waals surface area contributed by atoms with E-state index < -0.39 is 7.50 Å². The smallest absolute Gasteiger partial charge is 0.154 e. The van der Waals surface area contributed by atoms with E-state index in [-0.39, 0.29) is 0 Å². The number of benzene rings is 1. The van der Waals surface area contributed by atoms with Gasteiger partial charge in [0, 0.05) is 5.30 Å². The molecule has 1 aromatic carbocycles. The first-order valence-electron chi connectivity index (χ1n) is 8.88. The standard InChI is InChI=1S/C20H32ClOP/c1-5-6-7-8-9-10-11-12-13-14-19-15-20(23(21)22)18(4)16(2)17(19)3/h10-11,15,22H,5-9,12-14H2,1-4H3/b11-10+. The average molecular weight is 355 g/mol. The Labute approximate surface area is 148 Å². The van der Waals surface area contributed by atoms with Crippen LogP contribution in [0, 0.1) is 20.8 Å². The maximum Gasteiger partial charge on any atom is 0.154 e. The molecule has 1 aromatic rings. The summed E-state index contributed by atoms with van der Waals surface area (Å²) in [5, 5.41) is 0.922. The number of aryl methyl sites for hydroxylation is 1. The van der Waals surface area contributed by atoms with Gasteiger partial charge in [-0.05, 0) is 81.2 Å². The quantitative estimate of drug-likeness (QED) is 0.284. The van der Waals surface area contributed by atoms with Crippen LogP contribution in [0.25, 0.3) is 0 Å². The van der Waals surface area contributed by atoms with Crippen molar-refractivity contribution in [3.8, 4) is 0 Å². The molecule has 0 radical (unpaired) electrons. The molecule has 0 spiro atoms. The van der Waals surface area contributed by atoms with Crippen molar-refractivity contribution in [1.82, 2.24) is 0 Å². The minimum atomic E-state index is -1.53. The van der Waals surface area contributed by atoms with E-state index in [2.05, 4.69) is 45.9 Å². The summed E-state index contributed by atoms with van der Waals surface area (Å²) in [5.41, 5.74) is 5.10. The summed E-state index contributed by atoms with van der Waals surface area (Å²) in [5.74, 6) is 0. The number of halogens is 1. The zero-order chi connectivity index (χ0) is 17.2. The lowest BCUT2D eigenvalue weighted by Crippen LogP contribution is -2.10. The zero-order valence-electron chi connectivity index (χ0n) is 15.2. The van der Waals surface area contributed by atoms with Gasteiger partial charge in [0.1, 0.15) is 0 Å². The summed E-state index contributed by atoms with van der Waals surface area (Å²) in [6.07, 6.45) is 14.5. The largest absolute Gasteiger partial charge is 0.356 e. The van der Waals surface area contributed by atoms with Gasteiger partial charge in [0.15, 0.2) is 7.50 Å². The Morgan fingerprint density at radius 2 is 1.61 bits per heavy atom. The van der Waals surface area contributed by atoms with E-state index >= 15 is 0 Å². The lowest BCUT2D eigenvalue weighted by Gasteiger charge is -2.16. The van der Waals surface area contributed by atoms with Gasteiger partial charge in [-0.1, -0.05) is 49.6 Å². The fourth-order valence-corrected chi connectivity index (χ4v) is 4.12. The molecule has 3 heteroatoms. The first-order chi connectivity index (χ1) is 11.0. The third kappa shape index (κ3) is 6.96. The van der Waals surface area contributed by atoms with Crippen LogP contribution in [0.1, 0.15) is 74.1 Å². The predicted octanol–water partition coefficient (Wildman–Crippen LogP) is 6.63. The van der Waals surface area contributed by atoms with Crippen molar-refractivity contribution in [2.75, 3.05) is 0 Å². The molecule has 0 aliphatic rings. The molecular formula is C20H32ClOP. The van der Waals surface area contributed by atoms with Crippen molar-refractivity contribution in [2.45, 2.75) is 79.1 Å². The minimum Gasteiger partial charge on any atom is -0.356 e. The summed E-state index contributed by atoms with van der Waals surface area (Å²) in [6.45, 7) is 8.61. The fourth-order valence-electron chi connectivity index (χ4n) is 2.88. The maximum absolute atomic E-state index is 9.79. The SMILES string of the molecule is CCCCCC/C=C/CCCc1cc(P(O)Cl)c(C)c(C)c1C. The van der Waals surface area contributed by atoms with Crippen LogP contribution in [-0.4, -0.2) is 4.89 Å². The van der Waals surface area contributed by atoms with E-state index in [9.17, 15) is 4.89 Å². The van der Waals surface area contributed by atoms with Crippen molar-refractivity contribution < 1.29 is 4.89 Å².